The number of hydrogen-bond acceptors (Lipinski definition) is 4. The fraction of sp³-hybridized carbons (Fsp3) is 0.368. The topological polar surface area (TPSA) is 74.8 Å². The van der Waals surface area contributed by atoms with Gasteiger partial charge < -0.3 is 0 Å². The van der Waals surface area contributed by atoms with Crippen molar-refractivity contribution in [1.29, 1.82) is 0 Å². The van der Waals surface area contributed by atoms with E-state index >= 15 is 0 Å². The van der Waals surface area contributed by atoms with Crippen molar-refractivity contribution in [1.82, 2.24) is 4.31 Å². The molecular formula is C19H22N2O4S2. The molecule has 0 saturated carbocycles. The first-order valence-electron chi connectivity index (χ1n) is 9.03. The molecule has 0 aliphatic carbocycles. The molecule has 0 amide bonds. The zero-order valence-corrected chi connectivity index (χ0v) is 16.8. The Morgan fingerprint density at radius 2 is 1.41 bits per heavy atom. The van der Waals surface area contributed by atoms with Gasteiger partial charge in [0, 0.05) is 19.6 Å². The zero-order valence-electron chi connectivity index (χ0n) is 15.1. The minimum Gasteiger partial charge on any atom is -0.266 e. The summed E-state index contributed by atoms with van der Waals surface area (Å²) in [5, 5.41) is 0. The van der Waals surface area contributed by atoms with Crippen molar-refractivity contribution in [2.45, 2.75) is 36.0 Å². The van der Waals surface area contributed by atoms with Gasteiger partial charge in [-0.2, -0.15) is 4.31 Å². The highest BCUT2D eigenvalue weighted by Gasteiger charge is 2.33. The molecule has 1 saturated heterocycles. The van der Waals surface area contributed by atoms with E-state index in [0.717, 1.165) is 24.0 Å². The molecule has 2 aromatic carbocycles. The second kappa shape index (κ2) is 6.61. The largest absolute Gasteiger partial charge is 0.266 e. The number of fused-ring (bicyclic) bond motifs is 1. The highest BCUT2D eigenvalue weighted by Crippen LogP contribution is 2.35. The van der Waals surface area contributed by atoms with Gasteiger partial charge in [0.2, 0.25) is 10.0 Å². The quantitative estimate of drug-likeness (QED) is 0.782. The maximum atomic E-state index is 13.0. The Bertz CT molecular complexity index is 1070. The van der Waals surface area contributed by atoms with E-state index < -0.39 is 20.0 Å². The third-order valence-electron chi connectivity index (χ3n) is 5.22. The molecule has 0 N–H and O–H groups in total. The average molecular weight is 407 g/mol. The molecule has 2 heterocycles. The number of hydrogen-bond donors (Lipinski definition) is 0. The van der Waals surface area contributed by atoms with Crippen molar-refractivity contribution in [3.8, 4) is 0 Å². The Labute approximate surface area is 160 Å². The summed E-state index contributed by atoms with van der Waals surface area (Å²) >= 11 is 0. The van der Waals surface area contributed by atoms with Crippen molar-refractivity contribution >= 4 is 25.7 Å². The molecule has 144 valence electrons. The molecule has 4 rings (SSSR count). The summed E-state index contributed by atoms with van der Waals surface area (Å²) in [4.78, 5) is 0.493. The summed E-state index contributed by atoms with van der Waals surface area (Å²) < 4.78 is 54.4. The Hall–Kier alpha value is -1.90. The maximum absolute atomic E-state index is 13.0. The summed E-state index contributed by atoms with van der Waals surface area (Å²) in [5.74, 6) is 0. The molecule has 6 nitrogen and oxygen atoms in total. The van der Waals surface area contributed by atoms with Crippen LogP contribution in [0.4, 0.5) is 5.69 Å². The van der Waals surface area contributed by atoms with Crippen LogP contribution in [0.25, 0.3) is 0 Å². The Morgan fingerprint density at radius 1 is 0.778 bits per heavy atom. The van der Waals surface area contributed by atoms with Gasteiger partial charge in [0.25, 0.3) is 10.0 Å². The summed E-state index contributed by atoms with van der Waals surface area (Å²) in [7, 11) is -7.16. The molecule has 8 heteroatoms. The first kappa shape index (κ1) is 18.5. The van der Waals surface area contributed by atoms with Gasteiger partial charge in [-0.3, -0.25) is 4.31 Å². The molecule has 1 fully saturated rings. The van der Waals surface area contributed by atoms with Crippen LogP contribution < -0.4 is 4.31 Å². The van der Waals surface area contributed by atoms with Crippen molar-refractivity contribution in [3.05, 3.63) is 53.6 Å². The fourth-order valence-corrected chi connectivity index (χ4v) is 6.74. The molecule has 0 atom stereocenters. The van der Waals surface area contributed by atoms with Gasteiger partial charge in [-0.05, 0) is 62.1 Å². The number of aryl methyl sites for hydroxylation is 1. The first-order valence-corrected chi connectivity index (χ1v) is 11.9. The van der Waals surface area contributed by atoms with Crippen LogP contribution >= 0.6 is 0 Å². The van der Waals surface area contributed by atoms with Crippen LogP contribution in [0.5, 0.6) is 0 Å². The maximum Gasteiger partial charge on any atom is 0.264 e. The third-order valence-corrected chi connectivity index (χ3v) is 8.94. The van der Waals surface area contributed by atoms with Gasteiger partial charge in [0.15, 0.2) is 0 Å². The van der Waals surface area contributed by atoms with Gasteiger partial charge in [-0.25, -0.2) is 16.8 Å². The van der Waals surface area contributed by atoms with Gasteiger partial charge in [-0.1, -0.05) is 17.7 Å². The number of rotatable bonds is 4. The van der Waals surface area contributed by atoms with Crippen LogP contribution in [0.15, 0.2) is 52.3 Å². The van der Waals surface area contributed by atoms with Crippen LogP contribution in [0, 0.1) is 6.92 Å². The number of sulfonamides is 2. The van der Waals surface area contributed by atoms with E-state index in [9.17, 15) is 16.8 Å². The van der Waals surface area contributed by atoms with Crippen molar-refractivity contribution < 1.29 is 16.8 Å². The number of benzene rings is 2. The van der Waals surface area contributed by atoms with E-state index in [2.05, 4.69) is 0 Å². The first-order chi connectivity index (χ1) is 12.8. The Balaban J connectivity index is 1.68. The van der Waals surface area contributed by atoms with E-state index in [1.54, 1.807) is 36.4 Å². The SMILES string of the molecule is Cc1ccc(S(=O)(=O)N2CCc3cc(S(=O)(=O)N4CCCC4)ccc32)cc1. The molecule has 0 spiro atoms. The van der Waals surface area contributed by atoms with Crippen LogP contribution in [0.1, 0.15) is 24.0 Å². The molecule has 0 unspecified atom stereocenters. The average Bonchev–Trinajstić information content (AvgIpc) is 3.32. The van der Waals surface area contributed by atoms with E-state index in [4.69, 9.17) is 0 Å². The van der Waals surface area contributed by atoms with Gasteiger partial charge in [0.05, 0.1) is 15.5 Å². The third kappa shape index (κ3) is 3.15. The molecule has 0 bridgehead atoms. The smallest absolute Gasteiger partial charge is 0.264 e. The van der Waals surface area contributed by atoms with Crippen LogP contribution in [0.3, 0.4) is 0 Å². The predicted octanol–water partition coefficient (Wildman–Crippen LogP) is 2.53. The van der Waals surface area contributed by atoms with Crippen molar-refractivity contribution in [3.63, 3.8) is 0 Å². The summed E-state index contributed by atoms with van der Waals surface area (Å²) in [5.41, 5.74) is 2.31. The molecule has 2 aliphatic rings. The monoisotopic (exact) mass is 406 g/mol. The molecule has 0 aromatic heterocycles. The molecule has 0 radical (unpaired) electrons. The van der Waals surface area contributed by atoms with E-state index in [1.165, 1.54) is 14.7 Å². The van der Waals surface area contributed by atoms with E-state index in [-0.39, 0.29) is 9.79 Å². The van der Waals surface area contributed by atoms with Crippen molar-refractivity contribution in [2.24, 2.45) is 0 Å². The minimum atomic E-state index is -3.66. The number of nitrogens with zero attached hydrogens (tertiary/aromatic N) is 2. The lowest BCUT2D eigenvalue weighted by atomic mass is 10.2. The molecule has 27 heavy (non-hydrogen) atoms. The van der Waals surface area contributed by atoms with Crippen LogP contribution in [0.2, 0.25) is 0 Å². The van der Waals surface area contributed by atoms with Gasteiger partial charge in [0.1, 0.15) is 0 Å². The Morgan fingerprint density at radius 3 is 2.07 bits per heavy atom. The van der Waals surface area contributed by atoms with E-state index in [1.807, 2.05) is 6.92 Å². The summed E-state index contributed by atoms with van der Waals surface area (Å²) in [6.45, 7) is 3.32. The summed E-state index contributed by atoms with van der Waals surface area (Å²) in [6, 6.07) is 11.5. The fourth-order valence-electron chi connectivity index (χ4n) is 3.67. The summed E-state index contributed by atoms with van der Waals surface area (Å²) in [6.07, 6.45) is 2.27. The highest BCUT2D eigenvalue weighted by atomic mass is 32.2. The van der Waals surface area contributed by atoms with Crippen LogP contribution in [-0.2, 0) is 26.5 Å². The second-order valence-corrected chi connectivity index (χ2v) is 10.8. The zero-order chi connectivity index (χ0) is 19.2. The second-order valence-electron chi connectivity index (χ2n) is 7.04. The normalized spacial score (nSPS) is 18.0. The van der Waals surface area contributed by atoms with Gasteiger partial charge in [-0.15, -0.1) is 0 Å². The molecule has 2 aromatic rings. The van der Waals surface area contributed by atoms with Crippen LogP contribution in [-0.4, -0.2) is 40.8 Å². The minimum absolute atomic E-state index is 0.245. The van der Waals surface area contributed by atoms with Crippen molar-refractivity contribution in [2.75, 3.05) is 23.9 Å². The predicted molar refractivity (Wildman–Crippen MR) is 104 cm³/mol. The lowest BCUT2D eigenvalue weighted by Gasteiger charge is -2.20. The Kier molecular flexibility index (Phi) is 4.52. The van der Waals surface area contributed by atoms with Gasteiger partial charge >= 0.3 is 0 Å². The highest BCUT2D eigenvalue weighted by molar-refractivity contribution is 7.92. The lowest BCUT2D eigenvalue weighted by molar-refractivity contribution is 0.477. The lowest BCUT2D eigenvalue weighted by Crippen LogP contribution is -2.29. The molecule has 2 aliphatic heterocycles. The number of anilines is 1. The van der Waals surface area contributed by atoms with E-state index in [0.29, 0.717) is 31.7 Å². The standard InChI is InChI=1S/C19H22N2O4S2/c1-15-4-6-17(7-5-15)27(24,25)21-13-10-16-14-18(8-9-19(16)21)26(22,23)20-11-2-3-12-20/h4-9,14H,2-3,10-13H2,1H3. The molecular weight excluding hydrogens is 384 g/mol.